The summed E-state index contributed by atoms with van der Waals surface area (Å²) in [5, 5.41) is 1.86. The maximum absolute atomic E-state index is 12.0. The summed E-state index contributed by atoms with van der Waals surface area (Å²) in [6.45, 7) is 1.61. The van der Waals surface area contributed by atoms with Crippen LogP contribution in [0.4, 0.5) is 9.18 Å². The number of carbonyl (C=O) groups excluding carboxylic acids is 1. The van der Waals surface area contributed by atoms with E-state index in [-0.39, 0.29) is 6.42 Å². The summed E-state index contributed by atoms with van der Waals surface area (Å²) in [4.78, 5) is 9.84. The van der Waals surface area contributed by atoms with Crippen LogP contribution in [0.1, 0.15) is 13.3 Å². The number of rotatable bonds is 2. The van der Waals surface area contributed by atoms with Gasteiger partial charge in [-0.15, -0.1) is 0 Å². The van der Waals surface area contributed by atoms with Crippen LogP contribution in [0.2, 0.25) is 0 Å². The van der Waals surface area contributed by atoms with Gasteiger partial charge in [0.2, 0.25) is 0 Å². The van der Waals surface area contributed by atoms with Crippen LogP contribution in [0.15, 0.2) is 0 Å². The van der Waals surface area contributed by atoms with E-state index < -0.39 is 12.3 Å². The third-order valence-corrected chi connectivity index (χ3v) is 0.657. The Kier molecular flexibility index (Phi) is 2.91. The first kappa shape index (κ1) is 7.20. The molecule has 0 aromatic rings. The van der Waals surface area contributed by atoms with Crippen molar-refractivity contribution < 1.29 is 9.18 Å². The van der Waals surface area contributed by atoms with Crippen molar-refractivity contribution in [3.05, 3.63) is 0 Å². The highest BCUT2D eigenvalue weighted by Crippen LogP contribution is 1.88. The molecule has 0 aliphatic heterocycles. The molecular formula is C4H9FN2O. The van der Waals surface area contributed by atoms with Crippen molar-refractivity contribution in [1.82, 2.24) is 5.32 Å². The smallest absolute Gasteiger partial charge is 0.314 e. The molecule has 0 aromatic carbocycles. The summed E-state index contributed by atoms with van der Waals surface area (Å²) in [6.07, 6.45) is -1.05. The fourth-order valence-corrected chi connectivity index (χ4v) is 0.256. The lowest BCUT2D eigenvalue weighted by molar-refractivity contribution is 0.222. The number of amides is 2. The molecule has 0 radical (unpaired) electrons. The van der Waals surface area contributed by atoms with E-state index in [1.807, 2.05) is 5.32 Å². The van der Waals surface area contributed by atoms with Gasteiger partial charge >= 0.3 is 6.03 Å². The molecule has 48 valence electrons. The molecule has 0 rings (SSSR count). The lowest BCUT2D eigenvalue weighted by Crippen LogP contribution is -2.35. The Morgan fingerprint density at radius 3 is 2.62 bits per heavy atom. The molecule has 0 saturated heterocycles. The third kappa shape index (κ3) is 3.39. The fourth-order valence-electron chi connectivity index (χ4n) is 0.256. The predicted molar refractivity (Wildman–Crippen MR) is 27.9 cm³/mol. The normalized spacial score (nSPS) is 12.8. The van der Waals surface area contributed by atoms with E-state index in [0.717, 1.165) is 0 Å². The molecule has 0 heterocycles. The van der Waals surface area contributed by atoms with Crippen molar-refractivity contribution in [2.24, 2.45) is 5.73 Å². The summed E-state index contributed by atoms with van der Waals surface area (Å²) >= 11 is 0. The second kappa shape index (κ2) is 3.23. The van der Waals surface area contributed by atoms with Crippen LogP contribution >= 0.6 is 0 Å². The molecule has 0 fully saturated rings. The molecule has 3 N–H and O–H groups in total. The number of halogens is 1. The third-order valence-electron chi connectivity index (χ3n) is 0.657. The van der Waals surface area contributed by atoms with Crippen molar-refractivity contribution in [3.8, 4) is 0 Å². The minimum absolute atomic E-state index is 0.253. The topological polar surface area (TPSA) is 55.1 Å². The van der Waals surface area contributed by atoms with Gasteiger partial charge in [0.05, 0.1) is 0 Å². The van der Waals surface area contributed by atoms with Gasteiger partial charge in [0.25, 0.3) is 0 Å². The number of hydrogen-bond acceptors (Lipinski definition) is 1. The van der Waals surface area contributed by atoms with Crippen molar-refractivity contribution in [2.45, 2.75) is 19.6 Å². The second-order valence-corrected chi connectivity index (χ2v) is 1.38. The maximum atomic E-state index is 12.0. The van der Waals surface area contributed by atoms with E-state index in [0.29, 0.717) is 0 Å². The summed E-state index contributed by atoms with van der Waals surface area (Å²) in [5.41, 5.74) is 4.58. The number of hydrogen-bond donors (Lipinski definition) is 2. The monoisotopic (exact) mass is 120 g/mol. The quantitative estimate of drug-likeness (QED) is 0.508. The molecule has 1 unspecified atom stereocenters. The Morgan fingerprint density at radius 2 is 2.50 bits per heavy atom. The number of urea groups is 1. The molecule has 1 atom stereocenters. The number of primary amides is 1. The molecule has 3 nitrogen and oxygen atoms in total. The first-order valence-electron chi connectivity index (χ1n) is 2.37. The van der Waals surface area contributed by atoms with E-state index in [2.05, 4.69) is 5.73 Å². The Bertz CT molecular complexity index is 86.1. The number of nitrogens with one attached hydrogen (secondary N) is 1. The molecule has 4 heteroatoms. The number of alkyl halides is 1. The van der Waals surface area contributed by atoms with Gasteiger partial charge in [0.15, 0.2) is 6.30 Å². The second-order valence-electron chi connectivity index (χ2n) is 1.38. The fraction of sp³-hybridized carbons (Fsp3) is 0.750. The lowest BCUT2D eigenvalue weighted by atomic mass is 10.4. The van der Waals surface area contributed by atoms with Gasteiger partial charge in [-0.1, -0.05) is 6.92 Å². The first-order valence-corrected chi connectivity index (χ1v) is 2.37. The van der Waals surface area contributed by atoms with E-state index in [1.54, 1.807) is 6.92 Å². The highest BCUT2D eigenvalue weighted by molar-refractivity contribution is 5.71. The van der Waals surface area contributed by atoms with Gasteiger partial charge in [0, 0.05) is 0 Å². The van der Waals surface area contributed by atoms with E-state index in [4.69, 9.17) is 0 Å². The van der Waals surface area contributed by atoms with Crippen LogP contribution in [0.25, 0.3) is 0 Å². The van der Waals surface area contributed by atoms with Gasteiger partial charge in [-0.3, -0.25) is 0 Å². The van der Waals surface area contributed by atoms with E-state index in [9.17, 15) is 9.18 Å². The van der Waals surface area contributed by atoms with Crippen molar-refractivity contribution >= 4 is 6.03 Å². The van der Waals surface area contributed by atoms with Gasteiger partial charge < -0.3 is 11.1 Å². The zero-order valence-corrected chi connectivity index (χ0v) is 4.65. The Morgan fingerprint density at radius 1 is 2.00 bits per heavy atom. The Hall–Kier alpha value is -0.800. The number of nitrogens with two attached hydrogens (primary N) is 1. The molecule has 0 aliphatic carbocycles. The first-order chi connectivity index (χ1) is 3.66. The van der Waals surface area contributed by atoms with Crippen LogP contribution in [0.5, 0.6) is 0 Å². The Balaban J connectivity index is 3.24. The largest absolute Gasteiger partial charge is 0.352 e. The van der Waals surface area contributed by atoms with Gasteiger partial charge in [-0.05, 0) is 6.42 Å². The van der Waals surface area contributed by atoms with Crippen LogP contribution < -0.4 is 11.1 Å². The van der Waals surface area contributed by atoms with Crippen LogP contribution in [-0.2, 0) is 0 Å². The minimum Gasteiger partial charge on any atom is -0.352 e. The van der Waals surface area contributed by atoms with Crippen molar-refractivity contribution in [3.63, 3.8) is 0 Å². The molecule has 0 saturated carbocycles. The molecule has 2 amide bonds. The van der Waals surface area contributed by atoms with Gasteiger partial charge in [-0.25, -0.2) is 9.18 Å². The summed E-state index contributed by atoms with van der Waals surface area (Å²) in [6, 6.07) is -0.820. The van der Waals surface area contributed by atoms with Crippen molar-refractivity contribution in [2.75, 3.05) is 0 Å². The summed E-state index contributed by atoms with van der Waals surface area (Å²) in [5.74, 6) is 0. The lowest BCUT2D eigenvalue weighted by Gasteiger charge is -2.02. The molecule has 0 spiro atoms. The molecule has 0 aliphatic rings. The molecular weight excluding hydrogens is 111 g/mol. The van der Waals surface area contributed by atoms with Gasteiger partial charge in [0.1, 0.15) is 0 Å². The average Bonchev–Trinajstić information content (AvgIpc) is 1.65. The van der Waals surface area contributed by atoms with Crippen LogP contribution in [0.3, 0.4) is 0 Å². The van der Waals surface area contributed by atoms with Crippen LogP contribution in [-0.4, -0.2) is 12.3 Å². The van der Waals surface area contributed by atoms with Crippen molar-refractivity contribution in [1.29, 1.82) is 0 Å². The Labute approximate surface area is 47.1 Å². The molecule has 8 heavy (non-hydrogen) atoms. The standard InChI is InChI=1S/C4H9FN2O/c1-2-3(5)7-4(6)8/h3H,2H2,1H3,(H3,6,7,8). The zero-order valence-electron chi connectivity index (χ0n) is 4.65. The highest BCUT2D eigenvalue weighted by Gasteiger charge is 2.01. The zero-order chi connectivity index (χ0) is 6.57. The molecule has 0 bridgehead atoms. The maximum Gasteiger partial charge on any atom is 0.314 e. The SMILES string of the molecule is CCC(F)NC(N)=O. The molecule has 0 aromatic heterocycles. The van der Waals surface area contributed by atoms with E-state index in [1.165, 1.54) is 0 Å². The summed E-state index contributed by atoms with van der Waals surface area (Å²) in [7, 11) is 0. The predicted octanol–water partition coefficient (Wildman–Crippen LogP) is 0.360. The highest BCUT2D eigenvalue weighted by atomic mass is 19.1. The number of carbonyl (C=O) groups is 1. The van der Waals surface area contributed by atoms with Crippen LogP contribution in [0, 0.1) is 0 Å². The summed E-state index contributed by atoms with van der Waals surface area (Å²) < 4.78 is 12.0. The minimum atomic E-state index is -1.30. The van der Waals surface area contributed by atoms with Gasteiger partial charge in [-0.2, -0.15) is 0 Å². The average molecular weight is 120 g/mol. The van der Waals surface area contributed by atoms with E-state index >= 15 is 0 Å².